The van der Waals surface area contributed by atoms with E-state index in [-0.39, 0.29) is 0 Å². The van der Waals surface area contributed by atoms with Crippen molar-refractivity contribution in [1.82, 2.24) is 0 Å². The lowest BCUT2D eigenvalue weighted by Crippen LogP contribution is -2.34. The zero-order valence-corrected chi connectivity index (χ0v) is 13.7. The molecule has 0 aliphatic rings. The van der Waals surface area contributed by atoms with E-state index in [0.717, 1.165) is 11.8 Å². The molecular weight excluding hydrogens is 204 g/mol. The van der Waals surface area contributed by atoms with Crippen LogP contribution in [0.2, 0.25) is 0 Å². The van der Waals surface area contributed by atoms with Crippen LogP contribution in [0.4, 0.5) is 0 Å². The molecule has 0 aliphatic carbocycles. The van der Waals surface area contributed by atoms with Gasteiger partial charge in [-0.2, -0.15) is 0 Å². The maximum Gasteiger partial charge on any atom is -0.0323 e. The van der Waals surface area contributed by atoms with E-state index in [4.69, 9.17) is 0 Å². The van der Waals surface area contributed by atoms with Gasteiger partial charge in [-0.25, -0.2) is 0 Å². The SMILES string of the molecule is CCCCC(C)(C)C(C)C(C)(C)CCC(C)C. The van der Waals surface area contributed by atoms with Gasteiger partial charge >= 0.3 is 0 Å². The molecular formula is C17H36. The van der Waals surface area contributed by atoms with Gasteiger partial charge in [-0.3, -0.25) is 0 Å². The molecule has 0 saturated heterocycles. The van der Waals surface area contributed by atoms with Crippen molar-refractivity contribution in [3.63, 3.8) is 0 Å². The summed E-state index contributed by atoms with van der Waals surface area (Å²) < 4.78 is 0. The average molecular weight is 240 g/mol. The van der Waals surface area contributed by atoms with Crippen LogP contribution in [0.3, 0.4) is 0 Å². The summed E-state index contributed by atoms with van der Waals surface area (Å²) in [5.74, 6) is 1.63. The van der Waals surface area contributed by atoms with Crippen LogP contribution in [0.25, 0.3) is 0 Å². The lowest BCUT2D eigenvalue weighted by atomic mass is 9.62. The number of rotatable bonds is 8. The topological polar surface area (TPSA) is 0 Å². The van der Waals surface area contributed by atoms with E-state index in [1.54, 1.807) is 0 Å². The summed E-state index contributed by atoms with van der Waals surface area (Å²) in [6.07, 6.45) is 6.79. The van der Waals surface area contributed by atoms with E-state index < -0.39 is 0 Å². The molecule has 0 bridgehead atoms. The molecule has 0 nitrogen and oxygen atoms in total. The average Bonchev–Trinajstić information content (AvgIpc) is 2.22. The molecule has 0 aromatic rings. The van der Waals surface area contributed by atoms with Crippen molar-refractivity contribution in [2.45, 2.75) is 87.5 Å². The van der Waals surface area contributed by atoms with Crippen molar-refractivity contribution >= 4 is 0 Å². The highest BCUT2D eigenvalue weighted by molar-refractivity contribution is 4.86. The fourth-order valence-electron chi connectivity index (χ4n) is 2.78. The summed E-state index contributed by atoms with van der Waals surface area (Å²) in [6, 6.07) is 0. The van der Waals surface area contributed by atoms with Gasteiger partial charge in [-0.05, 0) is 35.5 Å². The van der Waals surface area contributed by atoms with Crippen molar-refractivity contribution in [1.29, 1.82) is 0 Å². The van der Waals surface area contributed by atoms with Gasteiger partial charge in [0.2, 0.25) is 0 Å². The molecule has 104 valence electrons. The summed E-state index contributed by atoms with van der Waals surface area (Å²) in [4.78, 5) is 0. The van der Waals surface area contributed by atoms with Crippen LogP contribution in [0.5, 0.6) is 0 Å². The quantitative estimate of drug-likeness (QED) is 0.467. The molecule has 0 radical (unpaired) electrons. The van der Waals surface area contributed by atoms with Crippen LogP contribution in [0, 0.1) is 22.7 Å². The summed E-state index contributed by atoms with van der Waals surface area (Å²) in [6.45, 7) is 19.3. The summed E-state index contributed by atoms with van der Waals surface area (Å²) in [5, 5.41) is 0. The molecule has 0 spiro atoms. The Morgan fingerprint density at radius 1 is 0.824 bits per heavy atom. The Morgan fingerprint density at radius 2 is 1.29 bits per heavy atom. The van der Waals surface area contributed by atoms with Gasteiger partial charge in [0.1, 0.15) is 0 Å². The highest BCUT2D eigenvalue weighted by Gasteiger charge is 2.36. The zero-order valence-electron chi connectivity index (χ0n) is 13.7. The largest absolute Gasteiger partial charge is 0.0654 e. The Hall–Kier alpha value is 0. The van der Waals surface area contributed by atoms with Gasteiger partial charge in [0.15, 0.2) is 0 Å². The molecule has 17 heavy (non-hydrogen) atoms. The Kier molecular flexibility index (Phi) is 6.81. The molecule has 0 saturated carbocycles. The predicted octanol–water partition coefficient (Wildman–Crippen LogP) is 6.30. The van der Waals surface area contributed by atoms with Crippen molar-refractivity contribution in [3.8, 4) is 0 Å². The van der Waals surface area contributed by atoms with E-state index in [2.05, 4.69) is 55.4 Å². The molecule has 0 aliphatic heterocycles. The second-order valence-corrected chi connectivity index (χ2v) is 7.73. The van der Waals surface area contributed by atoms with Gasteiger partial charge in [0.05, 0.1) is 0 Å². The third kappa shape index (κ3) is 5.93. The fourth-order valence-corrected chi connectivity index (χ4v) is 2.78. The monoisotopic (exact) mass is 240 g/mol. The second kappa shape index (κ2) is 6.81. The van der Waals surface area contributed by atoms with Crippen LogP contribution in [0.1, 0.15) is 87.5 Å². The first-order valence-electron chi connectivity index (χ1n) is 7.63. The first kappa shape index (κ1) is 17.0. The molecule has 0 aromatic carbocycles. The predicted molar refractivity (Wildman–Crippen MR) is 80.3 cm³/mol. The summed E-state index contributed by atoms with van der Waals surface area (Å²) in [7, 11) is 0. The van der Waals surface area contributed by atoms with E-state index in [0.29, 0.717) is 10.8 Å². The minimum atomic E-state index is 0.474. The molecule has 1 unspecified atom stereocenters. The van der Waals surface area contributed by atoms with Crippen molar-refractivity contribution in [3.05, 3.63) is 0 Å². The van der Waals surface area contributed by atoms with E-state index in [9.17, 15) is 0 Å². The van der Waals surface area contributed by atoms with Crippen molar-refractivity contribution < 1.29 is 0 Å². The lowest BCUT2D eigenvalue weighted by molar-refractivity contribution is 0.0666. The van der Waals surface area contributed by atoms with Crippen LogP contribution < -0.4 is 0 Å². The van der Waals surface area contributed by atoms with Gasteiger partial charge in [-0.15, -0.1) is 0 Å². The van der Waals surface area contributed by atoms with E-state index in [1.807, 2.05) is 0 Å². The van der Waals surface area contributed by atoms with Crippen LogP contribution in [-0.4, -0.2) is 0 Å². The lowest BCUT2D eigenvalue weighted by Gasteiger charge is -2.43. The number of hydrogen-bond donors (Lipinski definition) is 0. The smallest absolute Gasteiger partial charge is 0.0323 e. The Balaban J connectivity index is 4.47. The minimum Gasteiger partial charge on any atom is -0.0654 e. The zero-order chi connectivity index (χ0) is 13.7. The van der Waals surface area contributed by atoms with E-state index in [1.165, 1.54) is 32.1 Å². The highest BCUT2D eigenvalue weighted by Crippen LogP contribution is 2.45. The van der Waals surface area contributed by atoms with Gasteiger partial charge in [-0.1, -0.05) is 74.7 Å². The second-order valence-electron chi connectivity index (χ2n) is 7.73. The minimum absolute atomic E-state index is 0.474. The third-order valence-electron chi connectivity index (χ3n) is 4.89. The molecule has 1 atom stereocenters. The van der Waals surface area contributed by atoms with Gasteiger partial charge in [0.25, 0.3) is 0 Å². The third-order valence-corrected chi connectivity index (χ3v) is 4.89. The summed E-state index contributed by atoms with van der Waals surface area (Å²) >= 11 is 0. The van der Waals surface area contributed by atoms with Gasteiger partial charge < -0.3 is 0 Å². The first-order valence-corrected chi connectivity index (χ1v) is 7.63. The molecule has 0 N–H and O–H groups in total. The van der Waals surface area contributed by atoms with Crippen LogP contribution >= 0.6 is 0 Å². The Bertz CT molecular complexity index is 198. The van der Waals surface area contributed by atoms with Gasteiger partial charge in [0, 0.05) is 0 Å². The number of unbranched alkanes of at least 4 members (excludes halogenated alkanes) is 1. The summed E-state index contributed by atoms with van der Waals surface area (Å²) in [5.41, 5.74) is 0.956. The first-order chi connectivity index (χ1) is 7.63. The van der Waals surface area contributed by atoms with Crippen molar-refractivity contribution in [2.24, 2.45) is 22.7 Å². The Morgan fingerprint density at radius 3 is 1.71 bits per heavy atom. The fraction of sp³-hybridized carbons (Fsp3) is 1.00. The van der Waals surface area contributed by atoms with Crippen LogP contribution in [-0.2, 0) is 0 Å². The van der Waals surface area contributed by atoms with Crippen LogP contribution in [0.15, 0.2) is 0 Å². The molecule has 0 heterocycles. The highest BCUT2D eigenvalue weighted by atomic mass is 14.4. The molecule has 0 amide bonds. The normalized spacial score (nSPS) is 15.4. The molecule has 0 heteroatoms. The van der Waals surface area contributed by atoms with E-state index >= 15 is 0 Å². The Labute approximate surface area is 111 Å². The standard InChI is InChI=1S/C17H36/c1-9-10-12-16(5,6)15(4)17(7,8)13-11-14(2)3/h14-15H,9-13H2,1-8H3. The maximum absolute atomic E-state index is 2.47. The number of hydrogen-bond acceptors (Lipinski definition) is 0. The van der Waals surface area contributed by atoms with Crippen molar-refractivity contribution in [2.75, 3.05) is 0 Å². The molecule has 0 fully saturated rings. The molecule has 0 aromatic heterocycles. The maximum atomic E-state index is 2.47. The molecule has 0 rings (SSSR count).